The van der Waals surface area contributed by atoms with Crippen molar-refractivity contribution in [2.75, 3.05) is 12.4 Å². The Morgan fingerprint density at radius 3 is 2.82 bits per heavy atom. The smallest absolute Gasteiger partial charge is 0.234 e. The summed E-state index contributed by atoms with van der Waals surface area (Å²) in [6.07, 6.45) is 7.04. The average molecular weight is 263 g/mol. The van der Waals surface area contributed by atoms with Crippen molar-refractivity contribution in [2.45, 2.75) is 32.1 Å². The molecule has 0 aromatic heterocycles. The van der Waals surface area contributed by atoms with Gasteiger partial charge in [0, 0.05) is 6.42 Å². The molecule has 0 aromatic rings. The Hall–Kier alpha value is -0.910. The van der Waals surface area contributed by atoms with Gasteiger partial charge in [-0.3, -0.25) is 13.9 Å². The lowest BCUT2D eigenvalue weighted by Gasteiger charge is -2.15. The number of carbonyl (C=O) groups is 1. The maximum atomic E-state index is 11.8. The van der Waals surface area contributed by atoms with E-state index < -0.39 is 22.6 Å². The molecule has 0 saturated heterocycles. The third-order valence-corrected chi connectivity index (χ3v) is 3.98. The summed E-state index contributed by atoms with van der Waals surface area (Å²) in [7, 11) is -3.66. The molecule has 6 heteroatoms. The summed E-state index contributed by atoms with van der Waals surface area (Å²) in [6, 6.07) is 0. The molecule has 1 unspecified atom stereocenters. The molecule has 1 N–H and O–H groups in total. The number of carbonyl (C=O) groups excluding carboxylic acids is 1. The molecule has 4 nitrogen and oxygen atoms in total. The minimum Gasteiger partial charge on any atom is -0.274 e. The number of hydrogen-bond donors (Lipinski definition) is 1. The predicted octanol–water partition coefficient (Wildman–Crippen LogP) is 1.54. The summed E-state index contributed by atoms with van der Waals surface area (Å²) >= 11 is 0. The molecule has 0 saturated carbocycles. The number of hydrogen-bond acceptors (Lipinski definition) is 3. The highest BCUT2D eigenvalue weighted by molar-refractivity contribution is 7.90. The number of sulfonamides is 1. The van der Waals surface area contributed by atoms with Crippen molar-refractivity contribution in [3.63, 3.8) is 0 Å². The molecule has 0 aliphatic heterocycles. The topological polar surface area (TPSA) is 63.2 Å². The molecule has 0 bridgehead atoms. The Bertz CT molecular complexity index is 378. The molecule has 17 heavy (non-hydrogen) atoms. The highest BCUT2D eigenvalue weighted by Crippen LogP contribution is 2.19. The summed E-state index contributed by atoms with van der Waals surface area (Å²) in [5, 5.41) is 0. The van der Waals surface area contributed by atoms with Crippen LogP contribution in [0.3, 0.4) is 0 Å². The third kappa shape index (κ3) is 5.81. The van der Waals surface area contributed by atoms with Gasteiger partial charge in [-0.15, -0.1) is 0 Å². The van der Waals surface area contributed by atoms with Gasteiger partial charge in [0.2, 0.25) is 15.9 Å². The summed E-state index contributed by atoms with van der Waals surface area (Å²) in [6.45, 7) is -0.694. The summed E-state index contributed by atoms with van der Waals surface area (Å²) in [5.74, 6) is -0.712. The van der Waals surface area contributed by atoms with Crippen LogP contribution in [-0.2, 0) is 14.8 Å². The first-order valence-corrected chi connectivity index (χ1v) is 7.44. The fourth-order valence-electron chi connectivity index (χ4n) is 1.80. The van der Waals surface area contributed by atoms with Crippen LogP contribution < -0.4 is 4.72 Å². The summed E-state index contributed by atoms with van der Waals surface area (Å²) in [5.41, 5.74) is 0. The first-order chi connectivity index (χ1) is 8.03. The third-order valence-electron chi connectivity index (χ3n) is 2.62. The van der Waals surface area contributed by atoms with Crippen LogP contribution in [0, 0.1) is 5.92 Å². The lowest BCUT2D eigenvalue weighted by Crippen LogP contribution is -2.33. The van der Waals surface area contributed by atoms with E-state index >= 15 is 0 Å². The second kappa shape index (κ2) is 6.74. The van der Waals surface area contributed by atoms with Crippen LogP contribution >= 0.6 is 0 Å². The van der Waals surface area contributed by atoms with Gasteiger partial charge in [0.25, 0.3) is 0 Å². The Kier molecular flexibility index (Phi) is 5.61. The molecule has 0 spiro atoms. The van der Waals surface area contributed by atoms with Crippen molar-refractivity contribution in [3.8, 4) is 0 Å². The number of alkyl halides is 1. The average Bonchev–Trinajstić information content (AvgIpc) is 2.27. The number of amides is 1. The van der Waals surface area contributed by atoms with E-state index in [2.05, 4.69) is 0 Å². The molecule has 1 rings (SSSR count). The molecular formula is C11H18FNO3S. The predicted molar refractivity (Wildman–Crippen MR) is 63.6 cm³/mol. The molecule has 1 amide bonds. The lowest BCUT2D eigenvalue weighted by molar-refractivity contribution is -0.120. The normalized spacial score (nSPS) is 20.2. The van der Waals surface area contributed by atoms with E-state index in [0.29, 0.717) is 0 Å². The molecule has 1 atom stereocenters. The van der Waals surface area contributed by atoms with E-state index in [1.807, 2.05) is 16.9 Å². The van der Waals surface area contributed by atoms with E-state index in [0.717, 1.165) is 19.3 Å². The number of rotatable bonds is 6. The van der Waals surface area contributed by atoms with Gasteiger partial charge in [-0.1, -0.05) is 12.2 Å². The molecule has 1 aliphatic carbocycles. The van der Waals surface area contributed by atoms with Crippen molar-refractivity contribution in [2.24, 2.45) is 5.92 Å². The van der Waals surface area contributed by atoms with E-state index in [-0.39, 0.29) is 24.5 Å². The maximum Gasteiger partial charge on any atom is 0.234 e. The lowest BCUT2D eigenvalue weighted by atomic mass is 9.93. The largest absolute Gasteiger partial charge is 0.274 e. The van der Waals surface area contributed by atoms with Gasteiger partial charge in [0.1, 0.15) is 0 Å². The van der Waals surface area contributed by atoms with Crippen LogP contribution in [0.1, 0.15) is 32.1 Å². The molecular weight excluding hydrogens is 245 g/mol. The van der Waals surface area contributed by atoms with Gasteiger partial charge in [0.15, 0.2) is 0 Å². The summed E-state index contributed by atoms with van der Waals surface area (Å²) in [4.78, 5) is 11.5. The highest BCUT2D eigenvalue weighted by atomic mass is 32.2. The van der Waals surface area contributed by atoms with E-state index in [1.165, 1.54) is 0 Å². The van der Waals surface area contributed by atoms with Crippen LogP contribution in [0.4, 0.5) is 4.39 Å². The van der Waals surface area contributed by atoms with Crippen molar-refractivity contribution in [3.05, 3.63) is 12.2 Å². The fraction of sp³-hybridized carbons (Fsp3) is 0.727. The molecule has 0 heterocycles. The quantitative estimate of drug-likeness (QED) is 0.739. The molecule has 98 valence electrons. The van der Waals surface area contributed by atoms with Gasteiger partial charge in [-0.05, 0) is 31.6 Å². The number of nitrogens with one attached hydrogen (secondary N) is 1. The van der Waals surface area contributed by atoms with Gasteiger partial charge in [0.05, 0.1) is 12.4 Å². The van der Waals surface area contributed by atoms with Gasteiger partial charge >= 0.3 is 0 Å². The minimum absolute atomic E-state index is 0.0774. The standard InChI is InChI=1S/C11H18FNO3S/c12-7-4-8-17(15,16)13-11(14)9-10-5-2-1-3-6-10/h2,5,10H,1,3-4,6-9H2,(H,13,14). The second-order valence-corrected chi connectivity index (χ2v) is 6.05. The van der Waals surface area contributed by atoms with E-state index in [9.17, 15) is 17.6 Å². The van der Waals surface area contributed by atoms with Gasteiger partial charge in [-0.2, -0.15) is 0 Å². The van der Waals surface area contributed by atoms with Crippen molar-refractivity contribution < 1.29 is 17.6 Å². The molecule has 0 radical (unpaired) electrons. The fourth-order valence-corrected chi connectivity index (χ4v) is 2.82. The van der Waals surface area contributed by atoms with E-state index in [4.69, 9.17) is 0 Å². The molecule has 0 aromatic carbocycles. The molecule has 0 fully saturated rings. The number of allylic oxidation sites excluding steroid dienone is 2. The van der Waals surface area contributed by atoms with Crippen LogP contribution in [0.25, 0.3) is 0 Å². The van der Waals surface area contributed by atoms with Gasteiger partial charge < -0.3 is 0 Å². The van der Waals surface area contributed by atoms with Crippen LogP contribution in [0.15, 0.2) is 12.2 Å². The Morgan fingerprint density at radius 1 is 1.47 bits per heavy atom. The van der Waals surface area contributed by atoms with Crippen molar-refractivity contribution >= 4 is 15.9 Å². The first-order valence-electron chi connectivity index (χ1n) is 5.79. The maximum absolute atomic E-state index is 11.8. The monoisotopic (exact) mass is 263 g/mol. The van der Waals surface area contributed by atoms with Crippen molar-refractivity contribution in [1.29, 1.82) is 0 Å². The van der Waals surface area contributed by atoms with E-state index in [1.54, 1.807) is 0 Å². The first kappa shape index (κ1) is 14.2. The Balaban J connectivity index is 2.38. The van der Waals surface area contributed by atoms with Crippen molar-refractivity contribution in [1.82, 2.24) is 4.72 Å². The summed E-state index contributed by atoms with van der Waals surface area (Å²) < 4.78 is 36.5. The zero-order valence-corrected chi connectivity index (χ0v) is 10.5. The second-order valence-electron chi connectivity index (χ2n) is 4.21. The highest BCUT2D eigenvalue weighted by Gasteiger charge is 2.18. The Morgan fingerprint density at radius 2 is 2.24 bits per heavy atom. The van der Waals surface area contributed by atoms with Gasteiger partial charge in [-0.25, -0.2) is 8.42 Å². The minimum atomic E-state index is -3.66. The van der Waals surface area contributed by atoms with Crippen LogP contribution in [0.5, 0.6) is 0 Å². The van der Waals surface area contributed by atoms with Crippen LogP contribution in [0.2, 0.25) is 0 Å². The SMILES string of the molecule is O=C(CC1C=CCCC1)NS(=O)(=O)CCCF. The Labute approximate surface area is 101 Å². The number of halogens is 1. The van der Waals surface area contributed by atoms with Crippen LogP contribution in [-0.4, -0.2) is 26.8 Å². The zero-order valence-electron chi connectivity index (χ0n) is 9.69. The zero-order chi connectivity index (χ0) is 12.7. The molecule has 1 aliphatic rings.